The second kappa shape index (κ2) is 8.82. The number of aromatic nitrogens is 2. The Bertz CT molecular complexity index is 665. The van der Waals surface area contributed by atoms with E-state index in [0.29, 0.717) is 42.9 Å². The summed E-state index contributed by atoms with van der Waals surface area (Å²) < 4.78 is 40.3. The van der Waals surface area contributed by atoms with Crippen molar-refractivity contribution in [1.82, 2.24) is 14.1 Å². The maximum Gasteiger partial charge on any atom is 0.246 e. The summed E-state index contributed by atoms with van der Waals surface area (Å²) in [5.74, 6) is 0. The van der Waals surface area contributed by atoms with Gasteiger partial charge in [-0.2, -0.15) is 9.40 Å². The Kier molecular flexibility index (Phi) is 7.24. The van der Waals surface area contributed by atoms with Crippen LogP contribution in [0.3, 0.4) is 0 Å². The van der Waals surface area contributed by atoms with Crippen molar-refractivity contribution in [2.24, 2.45) is 0 Å². The van der Waals surface area contributed by atoms with E-state index in [2.05, 4.69) is 0 Å². The van der Waals surface area contributed by atoms with Crippen LogP contribution in [-0.2, 0) is 24.9 Å². The topological polar surface area (TPSA) is 73.7 Å². The number of methoxy groups -OCH3 is 2. The quantitative estimate of drug-likeness (QED) is 0.651. The second-order valence-electron chi connectivity index (χ2n) is 7.90. The van der Waals surface area contributed by atoms with Gasteiger partial charge in [0, 0.05) is 38.9 Å². The van der Waals surface area contributed by atoms with Gasteiger partial charge in [0.1, 0.15) is 4.90 Å². The summed E-state index contributed by atoms with van der Waals surface area (Å²) in [5, 5.41) is 4.72. The Morgan fingerprint density at radius 3 is 2.15 bits per heavy atom. The molecule has 0 aromatic carbocycles. The first-order valence-electron chi connectivity index (χ1n) is 9.29. The Morgan fingerprint density at radius 1 is 1.15 bits per heavy atom. The van der Waals surface area contributed by atoms with Gasteiger partial charge in [-0.25, -0.2) is 8.42 Å². The van der Waals surface area contributed by atoms with Crippen molar-refractivity contribution in [3.63, 3.8) is 0 Å². The lowest BCUT2D eigenvalue weighted by molar-refractivity contribution is 0.150. The van der Waals surface area contributed by atoms with Crippen molar-refractivity contribution in [1.29, 1.82) is 0 Å². The summed E-state index contributed by atoms with van der Waals surface area (Å²) in [6.07, 6.45) is 6.19. The zero-order valence-electron chi connectivity index (χ0n) is 16.7. The molecule has 0 radical (unpaired) electrons. The van der Waals surface area contributed by atoms with Crippen molar-refractivity contribution >= 4 is 10.0 Å². The van der Waals surface area contributed by atoms with Gasteiger partial charge in [-0.15, -0.1) is 0 Å². The van der Waals surface area contributed by atoms with Crippen LogP contribution in [0.4, 0.5) is 0 Å². The Morgan fingerprint density at radius 2 is 1.69 bits per heavy atom. The lowest BCUT2D eigenvalue weighted by atomic mass is 9.92. The summed E-state index contributed by atoms with van der Waals surface area (Å²) in [4.78, 5) is 0.309. The number of rotatable bonds is 9. The summed E-state index contributed by atoms with van der Waals surface area (Å²) in [6.45, 7) is 7.27. The highest BCUT2D eigenvalue weighted by molar-refractivity contribution is 7.89. The molecule has 1 aromatic heterocycles. The van der Waals surface area contributed by atoms with Gasteiger partial charge in [-0.1, -0.05) is 33.6 Å². The molecule has 7 nitrogen and oxygen atoms in total. The molecule has 0 bridgehead atoms. The van der Waals surface area contributed by atoms with Crippen LogP contribution in [0, 0.1) is 0 Å². The zero-order valence-corrected chi connectivity index (χ0v) is 17.5. The molecule has 0 saturated heterocycles. The van der Waals surface area contributed by atoms with E-state index in [-0.39, 0.29) is 5.41 Å². The van der Waals surface area contributed by atoms with E-state index in [1.807, 2.05) is 25.5 Å². The lowest BCUT2D eigenvalue weighted by Crippen LogP contribution is -2.37. The minimum atomic E-state index is -3.68. The van der Waals surface area contributed by atoms with Crippen LogP contribution in [0.5, 0.6) is 0 Å². The third kappa shape index (κ3) is 4.85. The van der Waals surface area contributed by atoms with Crippen molar-refractivity contribution in [3.05, 3.63) is 11.9 Å². The highest BCUT2D eigenvalue weighted by Gasteiger charge is 2.35. The summed E-state index contributed by atoms with van der Waals surface area (Å²) in [5.41, 5.74) is 0.268. The highest BCUT2D eigenvalue weighted by atomic mass is 32.2. The van der Waals surface area contributed by atoms with Gasteiger partial charge in [-0.3, -0.25) is 4.68 Å². The molecule has 26 heavy (non-hydrogen) atoms. The minimum absolute atomic E-state index is 0.292. The summed E-state index contributed by atoms with van der Waals surface area (Å²) in [7, 11) is -0.540. The molecule has 1 aliphatic rings. The second-order valence-corrected chi connectivity index (χ2v) is 9.81. The number of ether oxygens (including phenoxy) is 2. The van der Waals surface area contributed by atoms with Crippen LogP contribution in [0.25, 0.3) is 0 Å². The van der Waals surface area contributed by atoms with Crippen molar-refractivity contribution < 1.29 is 17.9 Å². The van der Waals surface area contributed by atoms with E-state index in [9.17, 15) is 8.42 Å². The molecule has 1 fully saturated rings. The van der Waals surface area contributed by atoms with Crippen LogP contribution in [0.1, 0.15) is 58.2 Å². The molecule has 150 valence electrons. The fraction of sp³-hybridized carbons (Fsp3) is 0.833. The molecule has 0 N–H and O–H groups in total. The molecular weight excluding hydrogens is 354 g/mol. The van der Waals surface area contributed by atoms with Gasteiger partial charge in [0.2, 0.25) is 10.0 Å². The predicted molar refractivity (Wildman–Crippen MR) is 101 cm³/mol. The molecule has 1 saturated carbocycles. The SMILES string of the molecule is COCCN(CCOC)S(=O)(=O)c1cn(C2CCCC2)nc1C(C)(C)C. The number of hydrogen-bond acceptors (Lipinski definition) is 5. The third-order valence-corrected chi connectivity index (χ3v) is 6.71. The molecule has 0 atom stereocenters. The maximum atomic E-state index is 13.4. The molecule has 0 spiro atoms. The number of sulfonamides is 1. The Balaban J connectivity index is 2.44. The van der Waals surface area contributed by atoms with E-state index in [4.69, 9.17) is 14.6 Å². The number of nitrogens with zero attached hydrogens (tertiary/aromatic N) is 3. The molecular formula is C18H33N3O4S. The monoisotopic (exact) mass is 387 g/mol. The van der Waals surface area contributed by atoms with Gasteiger partial charge < -0.3 is 9.47 Å². The molecule has 1 aromatic rings. The summed E-state index contributed by atoms with van der Waals surface area (Å²) >= 11 is 0. The average Bonchev–Trinajstić information content (AvgIpc) is 3.23. The first kappa shape index (κ1) is 21.3. The molecule has 2 rings (SSSR count). The molecule has 0 amide bonds. The molecule has 0 unspecified atom stereocenters. The normalized spacial score (nSPS) is 16.7. The Labute approximate surface area is 157 Å². The fourth-order valence-electron chi connectivity index (χ4n) is 3.32. The van der Waals surface area contributed by atoms with Gasteiger partial charge in [0.05, 0.1) is 24.9 Å². The minimum Gasteiger partial charge on any atom is -0.383 e. The number of hydrogen-bond donors (Lipinski definition) is 0. The molecule has 0 aliphatic heterocycles. The maximum absolute atomic E-state index is 13.4. The van der Waals surface area contributed by atoms with E-state index >= 15 is 0 Å². The third-order valence-electron chi connectivity index (χ3n) is 4.82. The first-order valence-corrected chi connectivity index (χ1v) is 10.7. The van der Waals surface area contributed by atoms with Crippen LogP contribution in [0.2, 0.25) is 0 Å². The standard InChI is InChI=1S/C18H33N3O4S/c1-18(2,3)17-16(14-21(19-17)15-8-6-7-9-15)26(22,23)20(10-12-24-4)11-13-25-5/h14-15H,6-13H2,1-5H3. The van der Waals surface area contributed by atoms with Crippen molar-refractivity contribution in [2.45, 2.75) is 62.8 Å². The summed E-state index contributed by atoms with van der Waals surface area (Å²) in [6, 6.07) is 0.298. The van der Waals surface area contributed by atoms with E-state index in [0.717, 1.165) is 12.8 Å². The van der Waals surface area contributed by atoms with E-state index in [1.165, 1.54) is 17.1 Å². The molecule has 1 heterocycles. The Hall–Kier alpha value is -0.960. The van der Waals surface area contributed by atoms with Gasteiger partial charge in [0.15, 0.2) is 0 Å². The van der Waals surface area contributed by atoms with Gasteiger partial charge in [-0.05, 0) is 12.8 Å². The molecule has 8 heteroatoms. The highest BCUT2D eigenvalue weighted by Crippen LogP contribution is 2.34. The van der Waals surface area contributed by atoms with Crippen LogP contribution in [0.15, 0.2) is 11.1 Å². The lowest BCUT2D eigenvalue weighted by Gasteiger charge is -2.23. The van der Waals surface area contributed by atoms with E-state index in [1.54, 1.807) is 20.4 Å². The fourth-order valence-corrected chi connectivity index (χ4v) is 5.06. The van der Waals surface area contributed by atoms with Crippen molar-refractivity contribution in [3.8, 4) is 0 Å². The smallest absolute Gasteiger partial charge is 0.246 e. The van der Waals surface area contributed by atoms with Gasteiger partial charge >= 0.3 is 0 Å². The van der Waals surface area contributed by atoms with Gasteiger partial charge in [0.25, 0.3) is 0 Å². The molecule has 1 aliphatic carbocycles. The van der Waals surface area contributed by atoms with Crippen molar-refractivity contribution in [2.75, 3.05) is 40.5 Å². The zero-order chi connectivity index (χ0) is 19.4. The van der Waals surface area contributed by atoms with E-state index < -0.39 is 10.0 Å². The largest absolute Gasteiger partial charge is 0.383 e. The van der Waals surface area contributed by atoms with Crippen LogP contribution in [-0.4, -0.2) is 63.0 Å². The van der Waals surface area contributed by atoms with Crippen LogP contribution >= 0.6 is 0 Å². The van der Waals surface area contributed by atoms with Crippen LogP contribution < -0.4 is 0 Å². The average molecular weight is 388 g/mol. The predicted octanol–water partition coefficient (Wildman–Crippen LogP) is 2.58. The first-order chi connectivity index (χ1) is 12.2.